The topological polar surface area (TPSA) is 81.1 Å². The fraction of sp³-hybridized carbons (Fsp3) is 0.200. The smallest absolute Gasteiger partial charge is 0.356 e. The van der Waals surface area contributed by atoms with Crippen LogP contribution in [0.3, 0.4) is 0 Å². The second-order valence-corrected chi connectivity index (χ2v) is 1.89. The maximum atomic E-state index is 10.2. The number of aromatic nitrogens is 2. The van der Waals surface area contributed by atoms with E-state index < -0.39 is 5.97 Å². The zero-order chi connectivity index (χ0) is 7.72. The first-order valence-corrected chi connectivity index (χ1v) is 2.65. The molecule has 1 heterocycles. The van der Waals surface area contributed by atoms with Crippen LogP contribution in [0, 0.1) is 6.92 Å². The van der Waals surface area contributed by atoms with Crippen molar-refractivity contribution in [1.29, 1.82) is 0 Å². The number of nitrogen functional groups attached to an aromatic ring is 1. The van der Waals surface area contributed by atoms with Crippen molar-refractivity contribution in [2.45, 2.75) is 6.92 Å². The van der Waals surface area contributed by atoms with Crippen molar-refractivity contribution in [2.24, 2.45) is 0 Å². The predicted octanol–water partition coefficient (Wildman–Crippen LogP) is -0.396. The van der Waals surface area contributed by atoms with Gasteiger partial charge < -0.3 is 10.9 Å². The minimum atomic E-state index is -1.06. The molecule has 0 saturated carbocycles. The van der Waals surface area contributed by atoms with Crippen LogP contribution >= 0.6 is 0 Å². The van der Waals surface area contributed by atoms with E-state index in [1.165, 1.54) is 10.9 Å². The highest BCUT2D eigenvalue weighted by atomic mass is 16.4. The second-order valence-electron chi connectivity index (χ2n) is 1.89. The molecule has 0 fully saturated rings. The summed E-state index contributed by atoms with van der Waals surface area (Å²) in [5.41, 5.74) is -0.0278. The SMILES string of the molecule is Cc1nc(C(=O)O)cn1N. The Bertz CT molecular complexity index is 246. The van der Waals surface area contributed by atoms with Crippen LogP contribution in [0.15, 0.2) is 6.20 Å². The zero-order valence-corrected chi connectivity index (χ0v) is 5.40. The standard InChI is InChI=1S/C5H7N3O2/c1-3-7-4(5(9)10)2-8(3)6/h2H,6H2,1H3,(H,9,10). The third kappa shape index (κ3) is 0.928. The number of carboxylic acid groups (broad SMARTS) is 1. The Morgan fingerprint density at radius 2 is 2.50 bits per heavy atom. The molecule has 0 unspecified atom stereocenters. The summed E-state index contributed by atoms with van der Waals surface area (Å²) in [6.07, 6.45) is 1.26. The highest BCUT2D eigenvalue weighted by Crippen LogP contribution is 1.96. The largest absolute Gasteiger partial charge is 0.476 e. The molecular weight excluding hydrogens is 134 g/mol. The molecule has 0 aliphatic rings. The van der Waals surface area contributed by atoms with E-state index in [4.69, 9.17) is 10.9 Å². The van der Waals surface area contributed by atoms with Gasteiger partial charge in [-0.05, 0) is 6.92 Å². The summed E-state index contributed by atoms with van der Waals surface area (Å²) in [6.45, 7) is 1.63. The Balaban J connectivity index is 3.10. The van der Waals surface area contributed by atoms with Crippen LogP contribution in [0.25, 0.3) is 0 Å². The third-order valence-electron chi connectivity index (χ3n) is 1.14. The summed E-state index contributed by atoms with van der Waals surface area (Å²) >= 11 is 0. The van der Waals surface area contributed by atoms with E-state index >= 15 is 0 Å². The maximum Gasteiger partial charge on any atom is 0.356 e. The molecule has 5 heteroatoms. The highest BCUT2D eigenvalue weighted by molar-refractivity contribution is 5.85. The van der Waals surface area contributed by atoms with Crippen LogP contribution in [0.5, 0.6) is 0 Å². The van der Waals surface area contributed by atoms with Gasteiger partial charge in [-0.15, -0.1) is 0 Å². The van der Waals surface area contributed by atoms with Crippen LogP contribution < -0.4 is 5.84 Å². The van der Waals surface area contributed by atoms with Gasteiger partial charge >= 0.3 is 5.97 Å². The van der Waals surface area contributed by atoms with Crippen LogP contribution in [-0.4, -0.2) is 20.7 Å². The molecule has 1 rings (SSSR count). The lowest BCUT2D eigenvalue weighted by atomic mass is 10.5. The number of rotatable bonds is 1. The monoisotopic (exact) mass is 141 g/mol. The number of nitrogens with two attached hydrogens (primary N) is 1. The van der Waals surface area contributed by atoms with Crippen LogP contribution in [-0.2, 0) is 0 Å². The summed E-state index contributed by atoms with van der Waals surface area (Å²) < 4.78 is 1.17. The highest BCUT2D eigenvalue weighted by Gasteiger charge is 2.07. The molecule has 0 amide bonds. The molecule has 0 atom stereocenters. The minimum Gasteiger partial charge on any atom is -0.476 e. The molecule has 0 spiro atoms. The average Bonchev–Trinajstić information content (AvgIpc) is 2.13. The van der Waals surface area contributed by atoms with E-state index in [1.807, 2.05) is 0 Å². The van der Waals surface area contributed by atoms with E-state index in [2.05, 4.69) is 4.98 Å². The molecule has 3 N–H and O–H groups in total. The van der Waals surface area contributed by atoms with Gasteiger partial charge in [-0.25, -0.2) is 9.78 Å². The lowest BCUT2D eigenvalue weighted by Crippen LogP contribution is -2.07. The number of carbonyl (C=O) groups is 1. The molecule has 0 aliphatic heterocycles. The van der Waals surface area contributed by atoms with Gasteiger partial charge in [-0.2, -0.15) is 0 Å². The summed E-state index contributed by atoms with van der Waals surface area (Å²) in [5, 5.41) is 8.39. The predicted molar refractivity (Wildman–Crippen MR) is 34.1 cm³/mol. The zero-order valence-electron chi connectivity index (χ0n) is 5.40. The molecule has 54 valence electrons. The molecule has 0 aromatic carbocycles. The van der Waals surface area contributed by atoms with E-state index in [1.54, 1.807) is 6.92 Å². The Hall–Kier alpha value is -1.52. The summed E-state index contributed by atoms with van der Waals surface area (Å²) in [4.78, 5) is 13.9. The molecule has 0 radical (unpaired) electrons. The average molecular weight is 141 g/mol. The first-order chi connectivity index (χ1) is 4.61. The maximum absolute atomic E-state index is 10.2. The van der Waals surface area contributed by atoms with Crippen molar-refractivity contribution < 1.29 is 9.90 Å². The minimum absolute atomic E-state index is 0.0278. The van der Waals surface area contributed by atoms with Gasteiger partial charge in [0.25, 0.3) is 0 Å². The number of imidazole rings is 1. The van der Waals surface area contributed by atoms with Crippen molar-refractivity contribution in [3.63, 3.8) is 0 Å². The fourth-order valence-electron chi connectivity index (χ4n) is 0.589. The van der Waals surface area contributed by atoms with E-state index in [0.717, 1.165) is 0 Å². The molecule has 0 bridgehead atoms. The number of aryl methyl sites for hydroxylation is 1. The fourth-order valence-corrected chi connectivity index (χ4v) is 0.589. The van der Waals surface area contributed by atoms with Gasteiger partial charge in [0.05, 0.1) is 6.20 Å². The van der Waals surface area contributed by atoms with Gasteiger partial charge in [-0.1, -0.05) is 0 Å². The molecule has 10 heavy (non-hydrogen) atoms. The Kier molecular flexibility index (Phi) is 1.33. The normalized spacial score (nSPS) is 9.70. The quantitative estimate of drug-likeness (QED) is 0.521. The first-order valence-electron chi connectivity index (χ1n) is 2.65. The molecule has 1 aromatic heterocycles. The van der Waals surface area contributed by atoms with Crippen LogP contribution in [0.4, 0.5) is 0 Å². The van der Waals surface area contributed by atoms with Gasteiger partial charge in [0.1, 0.15) is 5.82 Å². The number of hydrogen-bond acceptors (Lipinski definition) is 3. The number of aromatic carboxylic acids is 1. The number of hydrogen-bond donors (Lipinski definition) is 2. The van der Waals surface area contributed by atoms with E-state index in [9.17, 15) is 4.79 Å². The lowest BCUT2D eigenvalue weighted by Gasteiger charge is -1.88. The first kappa shape index (κ1) is 6.60. The molecular formula is C5H7N3O2. The van der Waals surface area contributed by atoms with Crippen molar-refractivity contribution in [2.75, 3.05) is 5.84 Å². The lowest BCUT2D eigenvalue weighted by molar-refractivity contribution is 0.0691. The number of nitrogens with zero attached hydrogens (tertiary/aromatic N) is 2. The van der Waals surface area contributed by atoms with Gasteiger partial charge in [0, 0.05) is 0 Å². The van der Waals surface area contributed by atoms with Crippen molar-refractivity contribution >= 4 is 5.97 Å². The Labute approximate surface area is 57.1 Å². The van der Waals surface area contributed by atoms with Gasteiger partial charge in [0.15, 0.2) is 5.69 Å². The van der Waals surface area contributed by atoms with Gasteiger partial charge in [0.2, 0.25) is 0 Å². The molecule has 1 aromatic rings. The van der Waals surface area contributed by atoms with E-state index in [0.29, 0.717) is 5.82 Å². The third-order valence-corrected chi connectivity index (χ3v) is 1.14. The summed E-state index contributed by atoms with van der Waals surface area (Å²) in [7, 11) is 0. The van der Waals surface area contributed by atoms with Crippen LogP contribution in [0.1, 0.15) is 16.3 Å². The van der Waals surface area contributed by atoms with Crippen molar-refractivity contribution in [1.82, 2.24) is 9.66 Å². The summed E-state index contributed by atoms with van der Waals surface area (Å²) in [6, 6.07) is 0. The second kappa shape index (κ2) is 2.02. The van der Waals surface area contributed by atoms with Gasteiger partial charge in [-0.3, -0.25) is 4.68 Å². The Morgan fingerprint density at radius 3 is 2.70 bits per heavy atom. The van der Waals surface area contributed by atoms with Crippen LogP contribution in [0.2, 0.25) is 0 Å². The van der Waals surface area contributed by atoms with E-state index in [-0.39, 0.29) is 5.69 Å². The van der Waals surface area contributed by atoms with Crippen molar-refractivity contribution in [3.05, 3.63) is 17.7 Å². The molecule has 0 saturated heterocycles. The van der Waals surface area contributed by atoms with Crippen molar-refractivity contribution in [3.8, 4) is 0 Å². The summed E-state index contributed by atoms with van der Waals surface area (Å²) in [5.74, 6) is 4.69. The molecule has 5 nitrogen and oxygen atoms in total. The number of carboxylic acids is 1. The molecule has 0 aliphatic carbocycles. The Morgan fingerprint density at radius 1 is 1.90 bits per heavy atom.